The first-order valence-electron chi connectivity index (χ1n) is 9.07. The molecule has 3 aromatic rings. The van der Waals surface area contributed by atoms with Gasteiger partial charge in [0.15, 0.2) is 0 Å². The van der Waals surface area contributed by atoms with E-state index in [-0.39, 0.29) is 5.91 Å². The summed E-state index contributed by atoms with van der Waals surface area (Å²) in [5.41, 5.74) is 1.84. The number of carbonyl (C=O) groups excluding carboxylic acids is 2. The largest absolute Gasteiger partial charge is 0.444 e. The number of aryl methyl sites for hydroxylation is 1. The Kier molecular flexibility index (Phi) is 6.72. The Balaban J connectivity index is 1.80. The maximum absolute atomic E-state index is 12.9. The van der Waals surface area contributed by atoms with Gasteiger partial charge in [-0.15, -0.1) is 11.8 Å². The van der Waals surface area contributed by atoms with Gasteiger partial charge in [0.1, 0.15) is 5.76 Å². The molecule has 0 aliphatic rings. The van der Waals surface area contributed by atoms with Gasteiger partial charge in [-0.25, -0.2) is 4.79 Å². The molecule has 150 valence electrons. The predicted molar refractivity (Wildman–Crippen MR) is 111 cm³/mol. The smallest absolute Gasteiger partial charge is 0.340 e. The first kappa shape index (κ1) is 20.7. The van der Waals surface area contributed by atoms with Gasteiger partial charge in [0, 0.05) is 30.6 Å². The lowest BCUT2D eigenvalue weighted by molar-refractivity contribution is -0.138. The Hall–Kier alpha value is -3.06. The van der Waals surface area contributed by atoms with Crippen LogP contribution < -0.4 is 0 Å². The molecule has 0 aliphatic heterocycles. The molecule has 1 unspecified atom stereocenters. The van der Waals surface area contributed by atoms with Crippen LogP contribution in [-0.2, 0) is 15.3 Å². The van der Waals surface area contributed by atoms with Crippen LogP contribution in [0.25, 0.3) is 0 Å². The highest BCUT2D eigenvalue weighted by Crippen LogP contribution is 2.29. The molecule has 3 rings (SSSR count). The van der Waals surface area contributed by atoms with E-state index in [1.807, 2.05) is 43.3 Å². The summed E-state index contributed by atoms with van der Waals surface area (Å²) in [6.07, 6.45) is -1.01. The van der Waals surface area contributed by atoms with Crippen molar-refractivity contribution < 1.29 is 18.8 Å². The van der Waals surface area contributed by atoms with Gasteiger partial charge in [-0.1, -0.05) is 47.6 Å². The number of aromatic nitrogens is 1. The number of amides is 1. The van der Waals surface area contributed by atoms with Gasteiger partial charge in [-0.3, -0.25) is 4.79 Å². The van der Waals surface area contributed by atoms with Crippen molar-refractivity contribution in [1.29, 1.82) is 0 Å². The molecule has 7 heteroatoms. The first-order valence-corrected chi connectivity index (χ1v) is 10.1. The number of likely N-dealkylation sites (N-methyl/N-ethyl adjacent to an activating group) is 1. The Labute approximate surface area is 173 Å². The lowest BCUT2D eigenvalue weighted by atomic mass is 10.1. The Morgan fingerprint density at radius 3 is 2.45 bits per heavy atom. The third-order valence-corrected chi connectivity index (χ3v) is 5.24. The summed E-state index contributed by atoms with van der Waals surface area (Å²) in [7, 11) is 3.27. The van der Waals surface area contributed by atoms with E-state index in [0.29, 0.717) is 16.9 Å². The van der Waals surface area contributed by atoms with Crippen molar-refractivity contribution in [3.05, 3.63) is 83.2 Å². The average Bonchev–Trinajstić information content (AvgIpc) is 3.15. The number of nitrogens with zero attached hydrogens (tertiary/aromatic N) is 2. The molecule has 1 aromatic heterocycles. The van der Waals surface area contributed by atoms with Crippen LogP contribution in [-0.4, -0.2) is 36.0 Å². The normalized spacial score (nSPS) is 11.7. The number of esters is 1. The summed E-state index contributed by atoms with van der Waals surface area (Å²) >= 11 is 1.45. The highest BCUT2D eigenvalue weighted by atomic mass is 32.2. The second kappa shape index (κ2) is 9.43. The molecule has 0 spiro atoms. The fourth-order valence-corrected chi connectivity index (χ4v) is 3.60. The van der Waals surface area contributed by atoms with Crippen LogP contribution >= 0.6 is 11.8 Å². The lowest BCUT2D eigenvalue weighted by Gasteiger charge is -2.21. The van der Waals surface area contributed by atoms with Crippen LogP contribution in [0.15, 0.2) is 70.1 Å². The third kappa shape index (κ3) is 5.26. The van der Waals surface area contributed by atoms with Gasteiger partial charge in [0.2, 0.25) is 6.10 Å². The summed E-state index contributed by atoms with van der Waals surface area (Å²) in [5.74, 6) is 0.405. The quantitative estimate of drug-likeness (QED) is 0.428. The minimum atomic E-state index is -1.01. The number of hydrogen-bond acceptors (Lipinski definition) is 6. The molecular weight excluding hydrogens is 388 g/mol. The molecule has 1 atom stereocenters. The molecule has 0 bridgehead atoms. The molecule has 0 radical (unpaired) electrons. The SMILES string of the molecule is Cc1cc(CSc2ccccc2C(=O)OC(C(=O)N(C)C)c2ccccc2)on1. The van der Waals surface area contributed by atoms with Gasteiger partial charge in [-0.2, -0.15) is 0 Å². The van der Waals surface area contributed by atoms with Crippen molar-refractivity contribution in [3.8, 4) is 0 Å². The zero-order valence-electron chi connectivity index (χ0n) is 16.5. The number of thioether (sulfide) groups is 1. The monoisotopic (exact) mass is 410 g/mol. The second-order valence-corrected chi connectivity index (χ2v) is 7.67. The first-order chi connectivity index (χ1) is 14.0. The predicted octanol–water partition coefficient (Wildman–Crippen LogP) is 4.26. The third-order valence-electron chi connectivity index (χ3n) is 4.15. The number of hydrogen-bond donors (Lipinski definition) is 0. The number of rotatable bonds is 7. The maximum atomic E-state index is 12.9. The zero-order valence-corrected chi connectivity index (χ0v) is 17.3. The number of ether oxygens (including phenoxy) is 1. The summed E-state index contributed by atoms with van der Waals surface area (Å²) in [5, 5.41) is 3.87. The molecule has 6 nitrogen and oxygen atoms in total. The van der Waals surface area contributed by atoms with Crippen LogP contribution in [0.1, 0.15) is 33.5 Å². The Morgan fingerprint density at radius 1 is 1.10 bits per heavy atom. The van der Waals surface area contributed by atoms with E-state index in [2.05, 4.69) is 5.16 Å². The van der Waals surface area contributed by atoms with Crippen molar-refractivity contribution in [1.82, 2.24) is 10.1 Å². The maximum Gasteiger partial charge on any atom is 0.340 e. The second-order valence-electron chi connectivity index (χ2n) is 6.65. The van der Waals surface area contributed by atoms with Crippen LogP contribution in [0.5, 0.6) is 0 Å². The summed E-state index contributed by atoms with van der Waals surface area (Å²) < 4.78 is 10.9. The van der Waals surface area contributed by atoms with Gasteiger partial charge >= 0.3 is 5.97 Å². The summed E-state index contributed by atoms with van der Waals surface area (Å²) in [4.78, 5) is 27.7. The lowest BCUT2D eigenvalue weighted by Crippen LogP contribution is -2.31. The minimum Gasteiger partial charge on any atom is -0.444 e. The molecule has 2 aromatic carbocycles. The zero-order chi connectivity index (χ0) is 20.8. The van der Waals surface area contributed by atoms with Crippen LogP contribution in [0.3, 0.4) is 0 Å². The molecule has 1 heterocycles. The van der Waals surface area contributed by atoms with Gasteiger partial charge < -0.3 is 14.2 Å². The fraction of sp³-hybridized carbons (Fsp3) is 0.227. The van der Waals surface area contributed by atoms with E-state index in [1.54, 1.807) is 38.4 Å². The Bertz CT molecular complexity index is 985. The van der Waals surface area contributed by atoms with Gasteiger partial charge in [0.05, 0.1) is 17.0 Å². The van der Waals surface area contributed by atoms with E-state index in [9.17, 15) is 9.59 Å². The standard InChI is InChI=1S/C22H22N2O4S/c1-15-13-17(28-23-15)14-29-19-12-8-7-11-18(19)22(26)27-20(21(25)24(2)3)16-9-5-4-6-10-16/h4-13,20H,14H2,1-3H3. The van der Waals surface area contributed by atoms with Crippen LogP contribution in [0.4, 0.5) is 0 Å². The molecule has 29 heavy (non-hydrogen) atoms. The van der Waals surface area contributed by atoms with Crippen molar-refractivity contribution >= 4 is 23.6 Å². The molecule has 0 aliphatic carbocycles. The van der Waals surface area contributed by atoms with E-state index in [4.69, 9.17) is 9.26 Å². The summed E-state index contributed by atoms with van der Waals surface area (Å²) in [6, 6.07) is 18.0. The fourth-order valence-electron chi connectivity index (χ4n) is 2.69. The average molecular weight is 410 g/mol. The Morgan fingerprint density at radius 2 is 1.79 bits per heavy atom. The molecule has 0 fully saturated rings. The van der Waals surface area contributed by atoms with E-state index >= 15 is 0 Å². The molecule has 0 saturated heterocycles. The highest BCUT2D eigenvalue weighted by Gasteiger charge is 2.27. The minimum absolute atomic E-state index is 0.299. The van der Waals surface area contributed by atoms with Crippen LogP contribution in [0, 0.1) is 6.92 Å². The van der Waals surface area contributed by atoms with Crippen LogP contribution in [0.2, 0.25) is 0 Å². The molecular formula is C22H22N2O4S. The van der Waals surface area contributed by atoms with Gasteiger partial charge in [0.25, 0.3) is 5.91 Å². The highest BCUT2D eigenvalue weighted by molar-refractivity contribution is 7.98. The topological polar surface area (TPSA) is 72.6 Å². The summed E-state index contributed by atoms with van der Waals surface area (Å²) in [6.45, 7) is 1.86. The molecule has 0 N–H and O–H groups in total. The van der Waals surface area contributed by atoms with E-state index in [0.717, 1.165) is 16.3 Å². The van der Waals surface area contributed by atoms with Gasteiger partial charge in [-0.05, 0) is 19.1 Å². The molecule has 1 amide bonds. The number of carbonyl (C=O) groups is 2. The van der Waals surface area contributed by atoms with Crippen molar-refractivity contribution in [3.63, 3.8) is 0 Å². The van der Waals surface area contributed by atoms with E-state index < -0.39 is 12.1 Å². The van der Waals surface area contributed by atoms with Crippen molar-refractivity contribution in [2.45, 2.75) is 23.7 Å². The van der Waals surface area contributed by atoms with Crippen molar-refractivity contribution in [2.24, 2.45) is 0 Å². The van der Waals surface area contributed by atoms with Crippen molar-refractivity contribution in [2.75, 3.05) is 14.1 Å². The number of benzene rings is 2. The van der Waals surface area contributed by atoms with E-state index in [1.165, 1.54) is 16.7 Å². The molecule has 0 saturated carbocycles.